The molecule has 26 heavy (non-hydrogen) atoms. The van der Waals surface area contributed by atoms with Gasteiger partial charge in [-0.2, -0.15) is 0 Å². The molecule has 2 unspecified atom stereocenters. The smallest absolute Gasteiger partial charge is 0.320 e. The highest BCUT2D eigenvalue weighted by atomic mass is 16.2. The van der Waals surface area contributed by atoms with Gasteiger partial charge in [-0.1, -0.05) is 0 Å². The quantitative estimate of drug-likeness (QED) is 0.800. The van der Waals surface area contributed by atoms with E-state index in [1.54, 1.807) is 6.33 Å². The van der Waals surface area contributed by atoms with E-state index in [0.717, 1.165) is 68.7 Å². The predicted molar refractivity (Wildman–Crippen MR) is 99.0 cm³/mol. The molecule has 0 bridgehead atoms. The second-order valence-corrected chi connectivity index (χ2v) is 7.87. The molecule has 3 aliphatic rings. The third-order valence-corrected chi connectivity index (χ3v) is 6.29. The Hall–Kier alpha value is -2.35. The molecule has 3 fully saturated rings. The van der Waals surface area contributed by atoms with Gasteiger partial charge in [0.25, 0.3) is 0 Å². The predicted octanol–water partition coefficient (Wildman–Crippen LogP) is 1.16. The molecule has 2 atom stereocenters. The first-order valence-corrected chi connectivity index (χ1v) is 9.51. The van der Waals surface area contributed by atoms with Crippen LogP contribution in [0.1, 0.15) is 25.7 Å². The SMILES string of the molecule is NC1CCN(C(=O)N2CCCC23CCN(c2ncnc4[nH]ccc24)C3)C1. The number of hydrogen-bond donors (Lipinski definition) is 2. The van der Waals surface area contributed by atoms with E-state index >= 15 is 0 Å². The van der Waals surface area contributed by atoms with E-state index in [1.165, 1.54) is 0 Å². The normalized spacial score (nSPS) is 28.8. The van der Waals surface area contributed by atoms with Crippen molar-refractivity contribution in [1.82, 2.24) is 24.8 Å². The zero-order chi connectivity index (χ0) is 17.7. The van der Waals surface area contributed by atoms with Crippen LogP contribution in [0.3, 0.4) is 0 Å². The monoisotopic (exact) mass is 355 g/mol. The first-order valence-electron chi connectivity index (χ1n) is 9.51. The molecular formula is C18H25N7O. The van der Waals surface area contributed by atoms with Crippen LogP contribution in [0.4, 0.5) is 10.6 Å². The number of nitrogens with one attached hydrogen (secondary N) is 1. The number of aromatic amines is 1. The van der Waals surface area contributed by atoms with Gasteiger partial charge in [0, 0.05) is 45.0 Å². The summed E-state index contributed by atoms with van der Waals surface area (Å²) >= 11 is 0. The molecule has 1 spiro atoms. The fourth-order valence-electron chi connectivity index (χ4n) is 4.94. The molecule has 3 N–H and O–H groups in total. The van der Waals surface area contributed by atoms with E-state index in [-0.39, 0.29) is 17.6 Å². The highest BCUT2D eigenvalue weighted by Crippen LogP contribution is 2.40. The van der Waals surface area contributed by atoms with Crippen molar-refractivity contribution in [2.24, 2.45) is 5.73 Å². The van der Waals surface area contributed by atoms with E-state index < -0.39 is 0 Å². The molecule has 138 valence electrons. The van der Waals surface area contributed by atoms with Gasteiger partial charge in [0.05, 0.1) is 10.9 Å². The van der Waals surface area contributed by atoms with Gasteiger partial charge in [0.2, 0.25) is 0 Å². The second kappa shape index (κ2) is 5.84. The van der Waals surface area contributed by atoms with E-state index in [1.807, 2.05) is 17.2 Å². The number of urea groups is 1. The minimum Gasteiger partial charge on any atom is -0.354 e. The Balaban J connectivity index is 1.39. The topological polar surface area (TPSA) is 94.4 Å². The average molecular weight is 355 g/mol. The molecule has 3 saturated heterocycles. The van der Waals surface area contributed by atoms with E-state index in [4.69, 9.17) is 5.73 Å². The first kappa shape index (κ1) is 15.9. The Kier molecular flexibility index (Phi) is 3.56. The third kappa shape index (κ3) is 2.35. The van der Waals surface area contributed by atoms with Crippen LogP contribution in [0.15, 0.2) is 18.6 Å². The fourth-order valence-corrected chi connectivity index (χ4v) is 4.94. The lowest BCUT2D eigenvalue weighted by molar-refractivity contribution is 0.126. The number of aromatic nitrogens is 3. The number of fused-ring (bicyclic) bond motifs is 1. The molecule has 8 nitrogen and oxygen atoms in total. The minimum absolute atomic E-state index is 0.0721. The summed E-state index contributed by atoms with van der Waals surface area (Å²) in [5.74, 6) is 0.968. The van der Waals surface area contributed by atoms with E-state index in [0.29, 0.717) is 6.54 Å². The van der Waals surface area contributed by atoms with Crippen LogP contribution < -0.4 is 10.6 Å². The molecule has 2 aromatic rings. The maximum absolute atomic E-state index is 13.1. The third-order valence-electron chi connectivity index (χ3n) is 6.29. The zero-order valence-corrected chi connectivity index (χ0v) is 14.9. The largest absolute Gasteiger partial charge is 0.354 e. The molecule has 2 amide bonds. The number of nitrogens with zero attached hydrogens (tertiary/aromatic N) is 5. The van der Waals surface area contributed by atoms with Crippen molar-refractivity contribution in [2.75, 3.05) is 37.6 Å². The van der Waals surface area contributed by atoms with Crippen molar-refractivity contribution in [2.45, 2.75) is 37.3 Å². The Morgan fingerprint density at radius 2 is 2.19 bits per heavy atom. The van der Waals surface area contributed by atoms with Crippen molar-refractivity contribution < 1.29 is 4.79 Å². The molecule has 3 aliphatic heterocycles. The van der Waals surface area contributed by atoms with Crippen LogP contribution in [-0.4, -0.2) is 75.1 Å². The van der Waals surface area contributed by atoms with Crippen LogP contribution in [0.25, 0.3) is 11.0 Å². The summed E-state index contributed by atoms with van der Waals surface area (Å²) in [6.07, 6.45) is 7.55. The number of rotatable bonds is 1. The molecule has 5 heterocycles. The second-order valence-electron chi connectivity index (χ2n) is 7.87. The molecule has 0 radical (unpaired) electrons. The minimum atomic E-state index is -0.0721. The standard InChI is InChI=1S/C18H25N7O/c19-13-3-8-23(10-13)17(26)25-7-1-4-18(25)5-9-24(11-18)16-14-2-6-20-15(14)21-12-22-16/h2,6,12-13H,1,3-5,7-11,19H2,(H,20,21,22). The molecule has 0 aliphatic carbocycles. The summed E-state index contributed by atoms with van der Waals surface area (Å²) in [5, 5.41) is 1.05. The van der Waals surface area contributed by atoms with Gasteiger partial charge >= 0.3 is 6.03 Å². The van der Waals surface area contributed by atoms with Gasteiger partial charge in [0.15, 0.2) is 0 Å². The number of anilines is 1. The molecule has 8 heteroatoms. The summed E-state index contributed by atoms with van der Waals surface area (Å²) < 4.78 is 0. The van der Waals surface area contributed by atoms with Crippen LogP contribution in [0, 0.1) is 0 Å². The number of hydrogen-bond acceptors (Lipinski definition) is 5. The van der Waals surface area contributed by atoms with Gasteiger partial charge in [-0.25, -0.2) is 14.8 Å². The van der Waals surface area contributed by atoms with Gasteiger partial charge < -0.3 is 25.4 Å². The molecular weight excluding hydrogens is 330 g/mol. The molecule has 2 aromatic heterocycles. The summed E-state index contributed by atoms with van der Waals surface area (Å²) in [6, 6.07) is 2.33. The van der Waals surface area contributed by atoms with Gasteiger partial charge in [-0.05, 0) is 31.7 Å². The summed E-state index contributed by atoms with van der Waals surface area (Å²) in [4.78, 5) is 31.5. The number of carbonyl (C=O) groups is 1. The summed E-state index contributed by atoms with van der Waals surface area (Å²) in [7, 11) is 0. The Bertz CT molecular complexity index is 836. The maximum Gasteiger partial charge on any atom is 0.320 e. The molecule has 0 saturated carbocycles. The molecule has 5 rings (SSSR count). The number of likely N-dealkylation sites (tertiary alicyclic amines) is 2. The lowest BCUT2D eigenvalue weighted by Crippen LogP contribution is -2.53. The fraction of sp³-hybridized carbons (Fsp3) is 0.611. The maximum atomic E-state index is 13.1. The van der Waals surface area contributed by atoms with Crippen molar-refractivity contribution in [3.05, 3.63) is 18.6 Å². The Labute approximate surface area is 152 Å². The lowest BCUT2D eigenvalue weighted by atomic mass is 9.95. The lowest BCUT2D eigenvalue weighted by Gasteiger charge is -2.37. The highest BCUT2D eigenvalue weighted by molar-refractivity contribution is 5.87. The Morgan fingerprint density at radius 3 is 3.04 bits per heavy atom. The van der Waals surface area contributed by atoms with Crippen molar-refractivity contribution in [1.29, 1.82) is 0 Å². The number of H-pyrrole nitrogens is 1. The van der Waals surface area contributed by atoms with Gasteiger partial charge in [0.1, 0.15) is 17.8 Å². The van der Waals surface area contributed by atoms with Crippen LogP contribution >= 0.6 is 0 Å². The number of carbonyl (C=O) groups excluding carboxylic acids is 1. The first-order chi connectivity index (χ1) is 12.7. The van der Waals surface area contributed by atoms with Crippen LogP contribution in [-0.2, 0) is 0 Å². The number of amides is 2. The summed E-state index contributed by atoms with van der Waals surface area (Å²) in [5.41, 5.74) is 6.80. The number of nitrogens with two attached hydrogens (primary N) is 1. The van der Waals surface area contributed by atoms with Crippen molar-refractivity contribution in [3.63, 3.8) is 0 Å². The van der Waals surface area contributed by atoms with Gasteiger partial charge in [-0.3, -0.25) is 0 Å². The van der Waals surface area contributed by atoms with Gasteiger partial charge in [-0.15, -0.1) is 0 Å². The van der Waals surface area contributed by atoms with Crippen LogP contribution in [0.5, 0.6) is 0 Å². The van der Waals surface area contributed by atoms with E-state index in [2.05, 4.69) is 24.8 Å². The van der Waals surface area contributed by atoms with Crippen molar-refractivity contribution in [3.8, 4) is 0 Å². The van der Waals surface area contributed by atoms with Crippen LogP contribution in [0.2, 0.25) is 0 Å². The van der Waals surface area contributed by atoms with Crippen molar-refractivity contribution >= 4 is 22.9 Å². The highest BCUT2D eigenvalue weighted by Gasteiger charge is 2.50. The average Bonchev–Trinajstić information content (AvgIpc) is 3.41. The zero-order valence-electron chi connectivity index (χ0n) is 14.9. The van der Waals surface area contributed by atoms with E-state index in [9.17, 15) is 4.79 Å². The Morgan fingerprint density at radius 1 is 1.27 bits per heavy atom. The molecule has 0 aromatic carbocycles. The summed E-state index contributed by atoms with van der Waals surface area (Å²) in [6.45, 7) is 4.08.